The summed E-state index contributed by atoms with van der Waals surface area (Å²) in [5.41, 5.74) is 1.36. The average molecular weight is 344 g/mol. The Kier molecular flexibility index (Phi) is 5.95. The lowest BCUT2D eigenvalue weighted by Crippen LogP contribution is -2.48. The quantitative estimate of drug-likeness (QED) is 0.780. The molecule has 1 aromatic carbocycles. The largest absolute Gasteiger partial charge is 0.481 e. The molecule has 5 heteroatoms. The summed E-state index contributed by atoms with van der Waals surface area (Å²) in [6.45, 7) is 0. The Morgan fingerprint density at radius 3 is 2.24 bits per heavy atom. The van der Waals surface area contributed by atoms with Crippen LogP contribution in [-0.2, 0) is 4.79 Å². The van der Waals surface area contributed by atoms with Crippen LogP contribution in [0.5, 0.6) is 0 Å². The van der Waals surface area contributed by atoms with Gasteiger partial charge in [-0.2, -0.15) is 0 Å². The first-order chi connectivity index (χ1) is 12.1. The van der Waals surface area contributed by atoms with Crippen LogP contribution >= 0.6 is 0 Å². The first kappa shape index (κ1) is 17.8. The van der Waals surface area contributed by atoms with E-state index in [9.17, 15) is 9.59 Å². The molecule has 0 aromatic heterocycles. The Morgan fingerprint density at radius 1 is 0.880 bits per heavy atom. The number of carbonyl (C=O) groups is 2. The van der Waals surface area contributed by atoms with Crippen LogP contribution in [-0.4, -0.2) is 29.2 Å². The standard InChI is InChI=1S/C20H28N2O3/c23-19(24)15-9-11-17(12-10-15)21-20(25)22-18-8-4-7-16(13-18)14-5-2-1-3-6-14/h1-3,5-6,15-18H,4,7-13H2,(H,23,24)(H2,21,22,25). The highest BCUT2D eigenvalue weighted by Gasteiger charge is 2.28. The molecule has 2 fully saturated rings. The molecule has 2 aliphatic carbocycles. The number of carboxylic acid groups (broad SMARTS) is 1. The monoisotopic (exact) mass is 344 g/mol. The van der Waals surface area contributed by atoms with E-state index >= 15 is 0 Å². The van der Waals surface area contributed by atoms with E-state index in [2.05, 4.69) is 34.9 Å². The molecular weight excluding hydrogens is 316 g/mol. The summed E-state index contributed by atoms with van der Waals surface area (Å²) in [6, 6.07) is 10.8. The highest BCUT2D eigenvalue weighted by molar-refractivity contribution is 5.74. The van der Waals surface area contributed by atoms with E-state index in [0.29, 0.717) is 18.8 Å². The minimum absolute atomic E-state index is 0.0995. The topological polar surface area (TPSA) is 78.4 Å². The van der Waals surface area contributed by atoms with Gasteiger partial charge >= 0.3 is 12.0 Å². The summed E-state index contributed by atoms with van der Waals surface area (Å²) in [5, 5.41) is 15.2. The zero-order valence-corrected chi connectivity index (χ0v) is 14.6. The van der Waals surface area contributed by atoms with Gasteiger partial charge in [0, 0.05) is 12.1 Å². The molecule has 0 radical (unpaired) electrons. The number of hydrogen-bond donors (Lipinski definition) is 3. The normalized spacial score (nSPS) is 29.6. The van der Waals surface area contributed by atoms with Crippen molar-refractivity contribution < 1.29 is 14.7 Å². The minimum Gasteiger partial charge on any atom is -0.481 e. The highest BCUT2D eigenvalue weighted by atomic mass is 16.4. The fourth-order valence-corrected chi connectivity index (χ4v) is 4.25. The number of hydrogen-bond acceptors (Lipinski definition) is 2. The van der Waals surface area contributed by atoms with E-state index in [0.717, 1.165) is 32.1 Å². The fourth-order valence-electron chi connectivity index (χ4n) is 4.25. The molecule has 1 aromatic rings. The first-order valence-electron chi connectivity index (χ1n) is 9.46. The van der Waals surface area contributed by atoms with Crippen LogP contribution in [0.4, 0.5) is 4.79 Å². The zero-order chi connectivity index (χ0) is 17.6. The Hall–Kier alpha value is -2.04. The van der Waals surface area contributed by atoms with Gasteiger partial charge in [-0.05, 0) is 56.4 Å². The number of urea groups is 1. The van der Waals surface area contributed by atoms with Crippen molar-refractivity contribution in [3.05, 3.63) is 35.9 Å². The summed E-state index contributed by atoms with van der Waals surface area (Å²) >= 11 is 0. The van der Waals surface area contributed by atoms with Gasteiger partial charge in [0.1, 0.15) is 0 Å². The number of rotatable bonds is 4. The molecule has 2 aliphatic rings. The minimum atomic E-state index is -0.711. The maximum absolute atomic E-state index is 12.3. The third kappa shape index (κ3) is 4.97. The average Bonchev–Trinajstić information content (AvgIpc) is 2.63. The van der Waals surface area contributed by atoms with Crippen molar-refractivity contribution in [2.24, 2.45) is 5.92 Å². The van der Waals surface area contributed by atoms with Crippen molar-refractivity contribution in [2.45, 2.75) is 69.4 Å². The van der Waals surface area contributed by atoms with Gasteiger partial charge in [0.25, 0.3) is 0 Å². The number of benzene rings is 1. The zero-order valence-electron chi connectivity index (χ0n) is 14.6. The smallest absolute Gasteiger partial charge is 0.315 e. The van der Waals surface area contributed by atoms with E-state index in [1.54, 1.807) is 0 Å². The van der Waals surface area contributed by atoms with Gasteiger partial charge in [-0.15, -0.1) is 0 Å². The number of carbonyl (C=O) groups excluding carboxylic acids is 1. The van der Waals surface area contributed by atoms with Crippen LogP contribution in [0, 0.1) is 5.92 Å². The van der Waals surface area contributed by atoms with Crippen LogP contribution < -0.4 is 10.6 Å². The number of nitrogens with one attached hydrogen (secondary N) is 2. The van der Waals surface area contributed by atoms with Gasteiger partial charge in [0.2, 0.25) is 0 Å². The van der Waals surface area contributed by atoms with Gasteiger partial charge in [0.05, 0.1) is 5.92 Å². The second-order valence-corrected chi connectivity index (χ2v) is 7.48. The van der Waals surface area contributed by atoms with Gasteiger partial charge < -0.3 is 15.7 Å². The Balaban J connectivity index is 1.44. The summed E-state index contributed by atoms with van der Waals surface area (Å²) < 4.78 is 0. The first-order valence-corrected chi connectivity index (χ1v) is 9.46. The second-order valence-electron chi connectivity index (χ2n) is 7.48. The second kappa shape index (κ2) is 8.37. The van der Waals surface area contributed by atoms with E-state index in [4.69, 9.17) is 5.11 Å². The molecule has 0 saturated heterocycles. The molecule has 2 unspecified atom stereocenters. The lowest BCUT2D eigenvalue weighted by atomic mass is 9.81. The van der Waals surface area contributed by atoms with E-state index in [1.807, 2.05) is 6.07 Å². The van der Waals surface area contributed by atoms with Gasteiger partial charge in [-0.3, -0.25) is 4.79 Å². The highest BCUT2D eigenvalue weighted by Crippen LogP contribution is 2.32. The SMILES string of the molecule is O=C(NC1CCC(C(=O)O)CC1)NC1CCCC(c2ccccc2)C1. The van der Waals surface area contributed by atoms with Crippen molar-refractivity contribution in [2.75, 3.05) is 0 Å². The summed E-state index contributed by atoms with van der Waals surface area (Å²) in [5.74, 6) is -0.436. The fraction of sp³-hybridized carbons (Fsp3) is 0.600. The molecule has 2 atom stereocenters. The number of aliphatic carboxylic acids is 1. The third-order valence-corrected chi connectivity index (χ3v) is 5.69. The van der Waals surface area contributed by atoms with Gasteiger partial charge in [-0.25, -0.2) is 4.79 Å². The van der Waals surface area contributed by atoms with Crippen LogP contribution in [0.2, 0.25) is 0 Å². The van der Waals surface area contributed by atoms with Crippen LogP contribution in [0.25, 0.3) is 0 Å². The van der Waals surface area contributed by atoms with Crippen molar-refractivity contribution in [1.29, 1.82) is 0 Å². The van der Waals surface area contributed by atoms with E-state index < -0.39 is 5.97 Å². The van der Waals surface area contributed by atoms with Crippen molar-refractivity contribution in [3.8, 4) is 0 Å². The van der Waals surface area contributed by atoms with Gasteiger partial charge in [-0.1, -0.05) is 36.8 Å². The molecular formula is C20H28N2O3. The summed E-state index contributed by atoms with van der Waals surface area (Å²) in [6.07, 6.45) is 7.14. The van der Waals surface area contributed by atoms with E-state index in [1.165, 1.54) is 12.0 Å². The summed E-state index contributed by atoms with van der Waals surface area (Å²) in [4.78, 5) is 23.3. The van der Waals surface area contributed by atoms with Crippen molar-refractivity contribution >= 4 is 12.0 Å². The van der Waals surface area contributed by atoms with Crippen LogP contribution in [0.15, 0.2) is 30.3 Å². The van der Waals surface area contributed by atoms with Crippen molar-refractivity contribution in [1.82, 2.24) is 10.6 Å². The Labute approximate surface area is 149 Å². The Bertz CT molecular complexity index is 582. The molecule has 0 spiro atoms. The molecule has 0 bridgehead atoms. The number of amides is 2. The molecule has 3 rings (SSSR count). The lowest BCUT2D eigenvalue weighted by molar-refractivity contribution is -0.142. The number of carboxylic acids is 1. The Morgan fingerprint density at radius 2 is 1.56 bits per heavy atom. The maximum atomic E-state index is 12.3. The maximum Gasteiger partial charge on any atom is 0.315 e. The molecule has 0 heterocycles. The van der Waals surface area contributed by atoms with E-state index in [-0.39, 0.29) is 24.0 Å². The third-order valence-electron chi connectivity index (χ3n) is 5.69. The molecule has 3 N–H and O–H groups in total. The molecule has 0 aliphatic heterocycles. The molecule has 5 nitrogen and oxygen atoms in total. The van der Waals surface area contributed by atoms with Crippen LogP contribution in [0.3, 0.4) is 0 Å². The molecule has 25 heavy (non-hydrogen) atoms. The predicted molar refractivity (Wildman–Crippen MR) is 96.5 cm³/mol. The predicted octanol–water partition coefficient (Wildman–Crippen LogP) is 3.66. The molecule has 136 valence electrons. The van der Waals surface area contributed by atoms with Crippen LogP contribution in [0.1, 0.15) is 62.8 Å². The lowest BCUT2D eigenvalue weighted by Gasteiger charge is -2.31. The summed E-state index contributed by atoms with van der Waals surface area (Å²) in [7, 11) is 0. The van der Waals surface area contributed by atoms with Gasteiger partial charge in [0.15, 0.2) is 0 Å². The molecule has 2 amide bonds. The molecule has 2 saturated carbocycles. The van der Waals surface area contributed by atoms with Crippen molar-refractivity contribution in [3.63, 3.8) is 0 Å².